The maximum atomic E-state index is 13.8. The van der Waals surface area contributed by atoms with E-state index < -0.39 is 11.7 Å². The molecule has 0 radical (unpaired) electrons. The summed E-state index contributed by atoms with van der Waals surface area (Å²) in [4.78, 5) is 16.0. The number of carbonyl (C=O) groups excluding carboxylic acids is 1. The fraction of sp³-hybridized carbons (Fsp3) is 0.152. The van der Waals surface area contributed by atoms with Crippen LogP contribution in [0.3, 0.4) is 0 Å². The molecule has 40 heavy (non-hydrogen) atoms. The van der Waals surface area contributed by atoms with Crippen molar-refractivity contribution < 1.29 is 27.4 Å². The second-order valence-corrected chi connectivity index (χ2v) is 9.30. The van der Waals surface area contributed by atoms with Gasteiger partial charge in [-0.15, -0.1) is 0 Å². The maximum Gasteiger partial charge on any atom is 0.418 e. The molecule has 4 nitrogen and oxygen atoms in total. The van der Waals surface area contributed by atoms with Crippen molar-refractivity contribution in [2.45, 2.75) is 32.5 Å². The molecule has 0 aliphatic carbocycles. The minimum absolute atomic E-state index is 0.101. The molecule has 0 bridgehead atoms. The van der Waals surface area contributed by atoms with Gasteiger partial charge in [0.15, 0.2) is 0 Å². The number of aromatic nitrogens is 1. The van der Waals surface area contributed by atoms with Crippen molar-refractivity contribution in [3.63, 3.8) is 0 Å². The largest absolute Gasteiger partial charge is 0.489 e. The van der Waals surface area contributed by atoms with Crippen LogP contribution in [0.2, 0.25) is 0 Å². The van der Waals surface area contributed by atoms with Crippen LogP contribution in [-0.4, -0.2) is 11.0 Å². The second kappa shape index (κ2) is 11.6. The molecule has 0 spiro atoms. The van der Waals surface area contributed by atoms with Gasteiger partial charge in [0.05, 0.1) is 11.1 Å². The fourth-order valence-electron chi connectivity index (χ4n) is 4.55. The Bertz CT molecular complexity index is 1630. The molecule has 202 valence electrons. The lowest BCUT2D eigenvalue weighted by Crippen LogP contribution is -2.07. The number of esters is 1. The zero-order valence-corrected chi connectivity index (χ0v) is 21.7. The number of ether oxygens (including phenoxy) is 2. The predicted octanol–water partition coefficient (Wildman–Crippen LogP) is 8.87. The molecule has 0 amide bonds. The van der Waals surface area contributed by atoms with E-state index in [0.717, 1.165) is 29.2 Å². The molecular weight excluding hydrogens is 515 g/mol. The first-order valence-corrected chi connectivity index (χ1v) is 12.9. The lowest BCUT2D eigenvalue weighted by molar-refractivity contribution is -0.136. The van der Waals surface area contributed by atoms with Gasteiger partial charge >= 0.3 is 12.1 Å². The van der Waals surface area contributed by atoms with Crippen molar-refractivity contribution in [1.29, 1.82) is 0 Å². The Balaban J connectivity index is 1.48. The molecule has 0 saturated carbocycles. The van der Waals surface area contributed by atoms with Crippen LogP contribution < -0.4 is 9.47 Å². The highest BCUT2D eigenvalue weighted by atomic mass is 19.4. The summed E-state index contributed by atoms with van der Waals surface area (Å²) in [6, 6.07) is 28.0. The normalized spacial score (nSPS) is 11.4. The van der Waals surface area contributed by atoms with Gasteiger partial charge in [-0.1, -0.05) is 73.7 Å². The molecule has 0 atom stereocenters. The SMILES string of the molecule is CCCC(=O)Oc1ccc(COc2cccc(-c3c(-c4ccccc4)cnc4c(C(F)(F)F)cccc34)c2)cc1. The van der Waals surface area contributed by atoms with Crippen LogP contribution in [0.4, 0.5) is 13.2 Å². The van der Waals surface area contributed by atoms with Gasteiger partial charge in [-0.25, -0.2) is 0 Å². The van der Waals surface area contributed by atoms with Crippen LogP contribution in [0.1, 0.15) is 30.9 Å². The van der Waals surface area contributed by atoms with Gasteiger partial charge in [0, 0.05) is 29.1 Å². The van der Waals surface area contributed by atoms with Crippen molar-refractivity contribution >= 4 is 16.9 Å². The summed E-state index contributed by atoms with van der Waals surface area (Å²) >= 11 is 0. The smallest absolute Gasteiger partial charge is 0.418 e. The van der Waals surface area contributed by atoms with E-state index in [1.54, 1.807) is 24.3 Å². The van der Waals surface area contributed by atoms with Crippen molar-refractivity contribution in [1.82, 2.24) is 4.98 Å². The quantitative estimate of drug-likeness (QED) is 0.145. The molecule has 0 saturated heterocycles. The van der Waals surface area contributed by atoms with E-state index in [4.69, 9.17) is 9.47 Å². The van der Waals surface area contributed by atoms with E-state index in [-0.39, 0.29) is 18.1 Å². The third-order valence-electron chi connectivity index (χ3n) is 6.43. The highest BCUT2D eigenvalue weighted by molar-refractivity contribution is 6.03. The molecular formula is C33H26F3NO3. The third kappa shape index (κ3) is 5.99. The lowest BCUT2D eigenvalue weighted by Gasteiger charge is -2.17. The first kappa shape index (κ1) is 26.9. The highest BCUT2D eigenvalue weighted by Gasteiger charge is 2.33. The lowest BCUT2D eigenvalue weighted by atomic mass is 9.91. The summed E-state index contributed by atoms with van der Waals surface area (Å²) in [6.45, 7) is 2.17. The molecule has 1 aromatic heterocycles. The Morgan fingerprint density at radius 3 is 2.27 bits per heavy atom. The molecule has 7 heteroatoms. The summed E-state index contributed by atoms with van der Waals surface area (Å²) in [5.41, 5.74) is 2.91. The van der Waals surface area contributed by atoms with Crippen LogP contribution in [0.15, 0.2) is 103 Å². The van der Waals surface area contributed by atoms with Crippen LogP contribution in [0.25, 0.3) is 33.2 Å². The van der Waals surface area contributed by atoms with Crippen molar-refractivity contribution in [3.8, 4) is 33.8 Å². The zero-order valence-electron chi connectivity index (χ0n) is 21.7. The summed E-state index contributed by atoms with van der Waals surface area (Å²) < 4.78 is 52.9. The minimum atomic E-state index is -4.53. The molecule has 0 aliphatic rings. The van der Waals surface area contributed by atoms with E-state index in [2.05, 4.69) is 4.98 Å². The fourth-order valence-corrected chi connectivity index (χ4v) is 4.55. The Morgan fingerprint density at radius 2 is 1.55 bits per heavy atom. The van der Waals surface area contributed by atoms with Gasteiger partial charge < -0.3 is 9.47 Å². The molecule has 0 fully saturated rings. The van der Waals surface area contributed by atoms with Gasteiger partial charge in [-0.05, 0) is 53.4 Å². The van der Waals surface area contributed by atoms with Crippen LogP contribution in [-0.2, 0) is 17.6 Å². The van der Waals surface area contributed by atoms with Crippen molar-refractivity contribution in [3.05, 3.63) is 114 Å². The molecule has 0 unspecified atom stereocenters. The highest BCUT2D eigenvalue weighted by Crippen LogP contribution is 2.42. The number of benzene rings is 4. The van der Waals surface area contributed by atoms with Crippen LogP contribution in [0.5, 0.6) is 11.5 Å². The van der Waals surface area contributed by atoms with Crippen LogP contribution in [0, 0.1) is 0 Å². The summed E-state index contributed by atoms with van der Waals surface area (Å²) in [5.74, 6) is 0.761. The molecule has 4 aromatic carbocycles. The Hall–Kier alpha value is -4.65. The van der Waals surface area contributed by atoms with Gasteiger partial charge in [-0.3, -0.25) is 9.78 Å². The van der Waals surface area contributed by atoms with E-state index in [0.29, 0.717) is 34.4 Å². The maximum absolute atomic E-state index is 13.8. The number of nitrogens with zero attached hydrogens (tertiary/aromatic N) is 1. The van der Waals surface area contributed by atoms with Gasteiger partial charge in [0.1, 0.15) is 18.1 Å². The number of hydrogen-bond acceptors (Lipinski definition) is 4. The topological polar surface area (TPSA) is 48.4 Å². The number of carbonyl (C=O) groups is 1. The number of alkyl halides is 3. The standard InChI is InChI=1S/C33H26F3NO3/c1-2-8-30(38)40-25-17-15-22(16-18-25)21-39-26-12-6-11-24(19-26)31-27-13-7-14-29(33(34,35)36)32(27)37-20-28(31)23-9-4-3-5-10-23/h3-7,9-20H,2,8,21H2,1H3. The van der Waals surface area contributed by atoms with Crippen molar-refractivity contribution in [2.24, 2.45) is 0 Å². The predicted molar refractivity (Wildman–Crippen MR) is 149 cm³/mol. The van der Waals surface area contributed by atoms with E-state index in [9.17, 15) is 18.0 Å². The number of halogens is 3. The monoisotopic (exact) mass is 541 g/mol. The Labute approximate surface area is 230 Å². The first-order valence-electron chi connectivity index (χ1n) is 12.9. The third-order valence-corrected chi connectivity index (χ3v) is 6.43. The number of pyridine rings is 1. The van der Waals surface area contributed by atoms with E-state index in [1.165, 1.54) is 12.3 Å². The molecule has 0 aliphatic heterocycles. The number of rotatable bonds is 8. The first-order chi connectivity index (χ1) is 19.3. The summed E-state index contributed by atoms with van der Waals surface area (Å²) in [7, 11) is 0. The molecule has 5 aromatic rings. The van der Waals surface area contributed by atoms with E-state index >= 15 is 0 Å². The Kier molecular flexibility index (Phi) is 7.82. The Morgan fingerprint density at radius 1 is 0.825 bits per heavy atom. The summed E-state index contributed by atoms with van der Waals surface area (Å²) in [6.07, 6.45) is -1.95. The molecule has 1 heterocycles. The number of hydrogen-bond donors (Lipinski definition) is 0. The van der Waals surface area contributed by atoms with Gasteiger partial charge in [-0.2, -0.15) is 13.2 Å². The number of fused-ring (bicyclic) bond motifs is 1. The number of para-hydroxylation sites is 1. The zero-order chi connectivity index (χ0) is 28.1. The minimum Gasteiger partial charge on any atom is -0.489 e. The summed E-state index contributed by atoms with van der Waals surface area (Å²) in [5, 5.41) is 0.404. The average Bonchev–Trinajstić information content (AvgIpc) is 2.96. The van der Waals surface area contributed by atoms with Crippen molar-refractivity contribution in [2.75, 3.05) is 0 Å². The molecule has 5 rings (SSSR count). The van der Waals surface area contributed by atoms with E-state index in [1.807, 2.05) is 67.6 Å². The van der Waals surface area contributed by atoms with Crippen LogP contribution >= 0.6 is 0 Å². The average molecular weight is 542 g/mol. The van der Waals surface area contributed by atoms with Gasteiger partial charge in [0.25, 0.3) is 0 Å². The van der Waals surface area contributed by atoms with Gasteiger partial charge in [0.2, 0.25) is 0 Å². The molecule has 0 N–H and O–H groups in total. The second-order valence-electron chi connectivity index (χ2n) is 9.30.